The average molecular weight is 276 g/mol. The van der Waals surface area contributed by atoms with Gasteiger partial charge in [-0.25, -0.2) is 12.8 Å². The van der Waals surface area contributed by atoms with Crippen LogP contribution in [0.4, 0.5) is 4.39 Å². The van der Waals surface area contributed by atoms with Gasteiger partial charge in [0.25, 0.3) is 0 Å². The summed E-state index contributed by atoms with van der Waals surface area (Å²) in [6, 6.07) is 3.25. The van der Waals surface area contributed by atoms with E-state index in [2.05, 4.69) is 0 Å². The minimum absolute atomic E-state index is 0.0140. The molecule has 0 spiro atoms. The maximum absolute atomic E-state index is 13.1. The molecule has 1 rings (SSSR count). The molecule has 8 heteroatoms. The second-order valence-electron chi connectivity index (χ2n) is 3.68. The van der Waals surface area contributed by atoms with Gasteiger partial charge in [-0.1, -0.05) is 6.92 Å². The second kappa shape index (κ2) is 6.17. The van der Waals surface area contributed by atoms with Gasteiger partial charge in [-0.05, 0) is 17.6 Å². The Kier molecular flexibility index (Phi) is 5.12. The fourth-order valence-electron chi connectivity index (χ4n) is 1.25. The predicted octanol–water partition coefficient (Wildman–Crippen LogP) is -0.681. The van der Waals surface area contributed by atoms with Crippen LogP contribution in [0.1, 0.15) is 6.92 Å². The van der Waals surface area contributed by atoms with E-state index in [9.17, 15) is 12.8 Å². The molecular weight excluding hydrogens is 262 g/mol. The first-order valence-electron chi connectivity index (χ1n) is 5.34. The smallest absolute Gasteiger partial charge is 0.488 e. The van der Waals surface area contributed by atoms with Gasteiger partial charge in [0.15, 0.2) is 9.84 Å². The van der Waals surface area contributed by atoms with Crippen molar-refractivity contribution >= 4 is 22.4 Å². The van der Waals surface area contributed by atoms with Crippen LogP contribution in [0, 0.1) is 5.82 Å². The zero-order valence-electron chi connectivity index (χ0n) is 9.84. The topological polar surface area (TPSA) is 83.8 Å². The van der Waals surface area contributed by atoms with Crippen molar-refractivity contribution in [3.05, 3.63) is 24.0 Å². The average Bonchev–Trinajstić information content (AvgIpc) is 2.28. The molecule has 2 N–H and O–H groups in total. The summed E-state index contributed by atoms with van der Waals surface area (Å²) in [4.78, 5) is 0. The molecule has 100 valence electrons. The molecule has 0 atom stereocenters. The summed E-state index contributed by atoms with van der Waals surface area (Å²) in [5.41, 5.74) is -0.0525. The van der Waals surface area contributed by atoms with Crippen LogP contribution in [0.2, 0.25) is 0 Å². The van der Waals surface area contributed by atoms with Crippen LogP contribution < -0.4 is 10.2 Å². The largest absolute Gasteiger partial charge is 0.492 e. The molecule has 5 nitrogen and oxygen atoms in total. The van der Waals surface area contributed by atoms with Gasteiger partial charge in [-0.15, -0.1) is 0 Å². The summed E-state index contributed by atoms with van der Waals surface area (Å²) in [5, 5.41) is 17.8. The van der Waals surface area contributed by atoms with Crippen LogP contribution in [0.5, 0.6) is 5.75 Å². The molecule has 0 saturated heterocycles. The first-order valence-corrected chi connectivity index (χ1v) is 7.16. The molecule has 1 aromatic rings. The molecule has 0 unspecified atom stereocenters. The van der Waals surface area contributed by atoms with Crippen LogP contribution in [0.3, 0.4) is 0 Å². The van der Waals surface area contributed by atoms with Gasteiger partial charge in [0.05, 0.1) is 5.75 Å². The summed E-state index contributed by atoms with van der Waals surface area (Å²) in [6.45, 7) is 1.42. The molecule has 0 aliphatic carbocycles. The monoisotopic (exact) mass is 276 g/mol. The maximum Gasteiger partial charge on any atom is 0.488 e. The minimum Gasteiger partial charge on any atom is -0.492 e. The van der Waals surface area contributed by atoms with Crippen LogP contribution in [-0.4, -0.2) is 43.7 Å². The van der Waals surface area contributed by atoms with Crippen molar-refractivity contribution in [2.75, 3.05) is 18.1 Å². The van der Waals surface area contributed by atoms with Gasteiger partial charge in [0.2, 0.25) is 0 Å². The highest BCUT2D eigenvalue weighted by Gasteiger charge is 2.14. The molecule has 0 bridgehead atoms. The van der Waals surface area contributed by atoms with Crippen LogP contribution >= 0.6 is 0 Å². The van der Waals surface area contributed by atoms with E-state index in [0.717, 1.165) is 12.1 Å². The Morgan fingerprint density at radius 1 is 1.33 bits per heavy atom. The van der Waals surface area contributed by atoms with E-state index in [1.807, 2.05) is 0 Å². The molecule has 0 saturated carbocycles. The number of ether oxygens (including phenoxy) is 1. The fourth-order valence-corrected chi connectivity index (χ4v) is 1.87. The van der Waals surface area contributed by atoms with E-state index >= 15 is 0 Å². The van der Waals surface area contributed by atoms with Crippen LogP contribution in [0.25, 0.3) is 0 Å². The summed E-state index contributed by atoms with van der Waals surface area (Å²) in [5.74, 6) is -0.782. The second-order valence-corrected chi connectivity index (χ2v) is 6.15. The first kappa shape index (κ1) is 14.9. The van der Waals surface area contributed by atoms with Crippen molar-refractivity contribution < 1.29 is 27.6 Å². The number of benzene rings is 1. The summed E-state index contributed by atoms with van der Waals surface area (Å²) in [6.07, 6.45) is 0. The van der Waals surface area contributed by atoms with Gasteiger partial charge in [-0.3, -0.25) is 0 Å². The molecule has 0 aromatic heterocycles. The lowest BCUT2D eigenvalue weighted by Crippen LogP contribution is -2.30. The van der Waals surface area contributed by atoms with E-state index in [0.29, 0.717) is 0 Å². The van der Waals surface area contributed by atoms with Crippen LogP contribution in [0.15, 0.2) is 18.2 Å². The number of sulfone groups is 1. The number of halogens is 1. The van der Waals surface area contributed by atoms with Gasteiger partial charge < -0.3 is 14.8 Å². The molecule has 0 aliphatic rings. The normalized spacial score (nSPS) is 11.3. The van der Waals surface area contributed by atoms with Crippen molar-refractivity contribution in [3.8, 4) is 5.75 Å². The predicted molar refractivity (Wildman–Crippen MR) is 66.0 cm³/mol. The zero-order valence-corrected chi connectivity index (χ0v) is 10.7. The Morgan fingerprint density at radius 2 is 2.00 bits per heavy atom. The van der Waals surface area contributed by atoms with Gasteiger partial charge in [-0.2, -0.15) is 0 Å². The lowest BCUT2D eigenvalue weighted by atomic mass is 9.80. The third kappa shape index (κ3) is 4.63. The fraction of sp³-hybridized carbons (Fsp3) is 0.400. The van der Waals surface area contributed by atoms with Crippen molar-refractivity contribution in [3.63, 3.8) is 0 Å². The van der Waals surface area contributed by atoms with Crippen LogP contribution in [-0.2, 0) is 9.84 Å². The van der Waals surface area contributed by atoms with Gasteiger partial charge in [0.1, 0.15) is 18.2 Å². The van der Waals surface area contributed by atoms with E-state index in [1.165, 1.54) is 13.0 Å². The summed E-state index contributed by atoms with van der Waals surface area (Å²) >= 11 is 0. The van der Waals surface area contributed by atoms with E-state index in [4.69, 9.17) is 14.8 Å². The summed E-state index contributed by atoms with van der Waals surface area (Å²) in [7, 11) is -4.95. The molecular formula is C10H14BFO5S. The van der Waals surface area contributed by atoms with Gasteiger partial charge in [0, 0.05) is 11.8 Å². The Bertz CT molecular complexity index is 503. The lowest BCUT2D eigenvalue weighted by molar-refractivity contribution is 0.339. The van der Waals surface area contributed by atoms with E-state index < -0.39 is 22.8 Å². The molecule has 0 heterocycles. The van der Waals surface area contributed by atoms with Crippen molar-refractivity contribution in [2.24, 2.45) is 0 Å². The number of hydrogen-bond donors (Lipinski definition) is 2. The molecule has 0 aliphatic heterocycles. The standard InChI is InChI=1S/C10H14BFO5S/c1-2-18(15,16)4-3-17-10-6-8(11(13)14)5-9(12)7-10/h5-7,13-14H,2-4H2,1H3. The highest BCUT2D eigenvalue weighted by Crippen LogP contribution is 2.11. The molecule has 0 fully saturated rings. The maximum atomic E-state index is 13.1. The Labute approximate surface area is 105 Å². The molecule has 0 amide bonds. The SMILES string of the molecule is CCS(=O)(=O)CCOc1cc(F)cc(B(O)O)c1. The Hall–Kier alpha value is -1.12. The lowest BCUT2D eigenvalue weighted by Gasteiger charge is -2.08. The Balaban J connectivity index is 2.68. The van der Waals surface area contributed by atoms with Crippen molar-refractivity contribution in [1.29, 1.82) is 0 Å². The highest BCUT2D eigenvalue weighted by atomic mass is 32.2. The van der Waals surface area contributed by atoms with E-state index in [1.54, 1.807) is 0 Å². The van der Waals surface area contributed by atoms with Crippen molar-refractivity contribution in [2.45, 2.75) is 6.92 Å². The first-order chi connectivity index (χ1) is 8.34. The molecule has 18 heavy (non-hydrogen) atoms. The quantitative estimate of drug-likeness (QED) is 0.672. The van der Waals surface area contributed by atoms with Gasteiger partial charge >= 0.3 is 7.12 Å². The summed E-state index contributed by atoms with van der Waals surface area (Å²) < 4.78 is 40.6. The zero-order chi connectivity index (χ0) is 13.8. The third-order valence-corrected chi connectivity index (χ3v) is 3.96. The van der Waals surface area contributed by atoms with E-state index in [-0.39, 0.29) is 29.3 Å². The minimum atomic E-state index is -3.14. The molecule has 1 aromatic carbocycles. The number of hydrogen-bond acceptors (Lipinski definition) is 5. The third-order valence-electron chi connectivity index (χ3n) is 2.29. The Morgan fingerprint density at radius 3 is 2.56 bits per heavy atom. The van der Waals surface area contributed by atoms with Crippen molar-refractivity contribution in [1.82, 2.24) is 0 Å². The highest BCUT2D eigenvalue weighted by molar-refractivity contribution is 7.91. The number of rotatable bonds is 6. The molecule has 0 radical (unpaired) electrons.